The summed E-state index contributed by atoms with van der Waals surface area (Å²) in [6.45, 7) is 7.59. The molecule has 2 aromatic carbocycles. The molecule has 1 fully saturated rings. The van der Waals surface area contributed by atoms with Gasteiger partial charge in [-0.3, -0.25) is 4.79 Å². The molecule has 40 heavy (non-hydrogen) atoms. The molecule has 3 aromatic rings. The molecule has 0 spiro atoms. The number of carbonyl (C=O) groups excluding carboxylic acids is 2. The number of primary amides is 1. The lowest BCUT2D eigenvalue weighted by Crippen LogP contribution is -2.43. The molecule has 1 aliphatic carbocycles. The maximum atomic E-state index is 14.2. The minimum absolute atomic E-state index is 0.00235. The lowest BCUT2D eigenvalue weighted by molar-refractivity contribution is -0.0536. The maximum Gasteiger partial charge on any atom is 0.405 e. The van der Waals surface area contributed by atoms with Crippen molar-refractivity contribution < 1.29 is 32.6 Å². The Morgan fingerprint density at radius 1 is 1.10 bits per heavy atom. The van der Waals surface area contributed by atoms with Gasteiger partial charge in [-0.1, -0.05) is 26.8 Å². The first-order valence-electron chi connectivity index (χ1n) is 12.9. The quantitative estimate of drug-likeness (QED) is 0.300. The molecular formula is C29H33F2N3O5S. The van der Waals surface area contributed by atoms with E-state index in [-0.39, 0.29) is 17.8 Å². The van der Waals surface area contributed by atoms with Crippen LogP contribution in [0.4, 0.5) is 13.6 Å². The van der Waals surface area contributed by atoms with Crippen LogP contribution in [-0.4, -0.2) is 30.7 Å². The van der Waals surface area contributed by atoms with Crippen LogP contribution in [0.1, 0.15) is 61.5 Å². The molecule has 0 bridgehead atoms. The van der Waals surface area contributed by atoms with Gasteiger partial charge in [0.2, 0.25) is 0 Å². The van der Waals surface area contributed by atoms with E-state index in [1.54, 1.807) is 32.2 Å². The highest BCUT2D eigenvalue weighted by atomic mass is 32.1. The molecule has 0 radical (unpaired) electrons. The van der Waals surface area contributed by atoms with Crippen LogP contribution in [0.2, 0.25) is 0 Å². The number of rotatable bonds is 10. The fourth-order valence-electron chi connectivity index (χ4n) is 4.00. The highest BCUT2D eigenvalue weighted by molar-refractivity contribution is 7.15. The minimum atomic E-state index is -1.35. The topological polar surface area (TPSA) is 113 Å². The van der Waals surface area contributed by atoms with Gasteiger partial charge in [0, 0.05) is 29.2 Å². The molecule has 214 valence electrons. The first-order chi connectivity index (χ1) is 18.8. The van der Waals surface area contributed by atoms with Crippen molar-refractivity contribution in [3.63, 3.8) is 0 Å². The van der Waals surface area contributed by atoms with Crippen LogP contribution in [0.5, 0.6) is 11.5 Å². The molecule has 1 heterocycles. The summed E-state index contributed by atoms with van der Waals surface area (Å²) in [5, 5.41) is 3.12. The van der Waals surface area contributed by atoms with E-state index in [1.807, 2.05) is 20.8 Å². The molecule has 1 unspecified atom stereocenters. The molecule has 11 heteroatoms. The number of aromatic nitrogens is 1. The van der Waals surface area contributed by atoms with Gasteiger partial charge in [-0.05, 0) is 49.9 Å². The predicted octanol–water partition coefficient (Wildman–Crippen LogP) is 6.17. The van der Waals surface area contributed by atoms with Crippen LogP contribution in [0, 0.1) is 23.0 Å². The lowest BCUT2D eigenvalue weighted by Gasteiger charge is -2.40. The summed E-state index contributed by atoms with van der Waals surface area (Å²) in [6.07, 6.45) is 1.25. The number of nitrogens with two attached hydrogens (primary N) is 1. The van der Waals surface area contributed by atoms with Crippen LogP contribution in [-0.2, 0) is 16.9 Å². The molecule has 1 atom stereocenters. The van der Waals surface area contributed by atoms with Gasteiger partial charge < -0.3 is 25.3 Å². The Morgan fingerprint density at radius 2 is 1.82 bits per heavy atom. The van der Waals surface area contributed by atoms with Gasteiger partial charge in [-0.2, -0.15) is 0 Å². The van der Waals surface area contributed by atoms with Gasteiger partial charge in [0.1, 0.15) is 22.3 Å². The highest BCUT2D eigenvalue weighted by Crippen LogP contribution is 2.48. The molecule has 8 nitrogen and oxygen atoms in total. The normalized spacial score (nSPS) is 14.8. The number of thiazole rings is 1. The van der Waals surface area contributed by atoms with E-state index < -0.39 is 34.7 Å². The number of nitrogens with zero attached hydrogens (tertiary/aromatic N) is 1. The maximum absolute atomic E-state index is 14.2. The molecule has 1 saturated carbocycles. The average Bonchev–Trinajstić information content (AvgIpc) is 3.60. The van der Waals surface area contributed by atoms with Crippen molar-refractivity contribution in [1.82, 2.24) is 10.3 Å². The molecule has 1 aromatic heterocycles. The Labute approximate surface area is 235 Å². The van der Waals surface area contributed by atoms with Crippen molar-refractivity contribution >= 4 is 23.3 Å². The first kappa shape index (κ1) is 29.3. The van der Waals surface area contributed by atoms with Gasteiger partial charge in [0.15, 0.2) is 17.1 Å². The standard InChI is InChI=1S/C29H33F2N3O5S/c1-28(2,3)29(4,39-27(32)36)24-23(25(35)33-14-18-8-10-19(30)13-20(18)31)34-26(40-24)17-9-11-21(37-5)22(12-17)38-15-16-6-7-16/h8-13,16H,6-7,14-15H2,1-5H3,(H2,32,36)(H,33,35). The second-order valence-corrected chi connectivity index (χ2v) is 11.9. The van der Waals surface area contributed by atoms with Gasteiger partial charge in [0.05, 0.1) is 18.6 Å². The molecule has 2 amide bonds. The number of hydrogen-bond acceptors (Lipinski definition) is 7. The minimum Gasteiger partial charge on any atom is -0.493 e. The van der Waals surface area contributed by atoms with E-state index in [1.165, 1.54) is 17.4 Å². The molecule has 3 N–H and O–H groups in total. The third-order valence-electron chi connectivity index (χ3n) is 7.05. The van der Waals surface area contributed by atoms with Gasteiger partial charge in [-0.15, -0.1) is 11.3 Å². The van der Waals surface area contributed by atoms with Crippen LogP contribution in [0.3, 0.4) is 0 Å². The van der Waals surface area contributed by atoms with E-state index >= 15 is 0 Å². The smallest absolute Gasteiger partial charge is 0.405 e. The summed E-state index contributed by atoms with van der Waals surface area (Å²) in [6, 6.07) is 8.47. The van der Waals surface area contributed by atoms with Crippen molar-refractivity contribution in [1.29, 1.82) is 0 Å². The zero-order valence-electron chi connectivity index (χ0n) is 23.1. The predicted molar refractivity (Wildman–Crippen MR) is 147 cm³/mol. The molecule has 0 saturated heterocycles. The number of hydrogen-bond donors (Lipinski definition) is 2. The largest absolute Gasteiger partial charge is 0.493 e. The number of amides is 2. The Morgan fingerprint density at radius 3 is 2.42 bits per heavy atom. The second-order valence-electron chi connectivity index (χ2n) is 10.9. The Hall–Kier alpha value is -3.73. The van der Waals surface area contributed by atoms with E-state index in [9.17, 15) is 18.4 Å². The molecular weight excluding hydrogens is 540 g/mol. The fourth-order valence-corrected chi connectivity index (χ4v) is 5.35. The van der Waals surface area contributed by atoms with Crippen molar-refractivity contribution in [3.8, 4) is 22.1 Å². The zero-order chi connectivity index (χ0) is 29.2. The number of carbonyl (C=O) groups is 2. The third-order valence-corrected chi connectivity index (χ3v) is 8.36. The van der Waals surface area contributed by atoms with Crippen LogP contribution in [0.15, 0.2) is 36.4 Å². The van der Waals surface area contributed by atoms with E-state index in [0.717, 1.165) is 25.0 Å². The zero-order valence-corrected chi connectivity index (χ0v) is 23.9. The van der Waals surface area contributed by atoms with Gasteiger partial charge >= 0.3 is 6.09 Å². The number of benzene rings is 2. The Bertz CT molecular complexity index is 1420. The summed E-state index contributed by atoms with van der Waals surface area (Å²) >= 11 is 1.18. The van der Waals surface area contributed by atoms with E-state index in [4.69, 9.17) is 19.9 Å². The lowest BCUT2D eigenvalue weighted by atomic mass is 9.76. The number of nitrogens with one attached hydrogen (secondary N) is 1. The molecule has 0 aliphatic heterocycles. The summed E-state index contributed by atoms with van der Waals surface area (Å²) in [5.74, 6) is -0.481. The number of halogens is 2. The molecule has 1 aliphatic rings. The van der Waals surface area contributed by atoms with E-state index in [2.05, 4.69) is 10.3 Å². The van der Waals surface area contributed by atoms with Crippen molar-refractivity contribution in [2.75, 3.05) is 13.7 Å². The van der Waals surface area contributed by atoms with Crippen LogP contribution >= 0.6 is 11.3 Å². The number of methoxy groups -OCH3 is 1. The van der Waals surface area contributed by atoms with Crippen molar-refractivity contribution in [2.24, 2.45) is 17.1 Å². The summed E-state index contributed by atoms with van der Waals surface area (Å²) < 4.78 is 44.7. The molecule has 4 rings (SSSR count). The van der Waals surface area contributed by atoms with Gasteiger partial charge in [0.25, 0.3) is 5.91 Å². The average molecular weight is 574 g/mol. The number of ether oxygens (including phenoxy) is 3. The SMILES string of the molecule is COc1ccc(-c2nc(C(=O)NCc3ccc(F)cc3F)c(C(C)(OC(N)=O)C(C)(C)C)s2)cc1OCC1CC1. The third kappa shape index (κ3) is 6.35. The van der Waals surface area contributed by atoms with Crippen molar-refractivity contribution in [3.05, 3.63) is 64.2 Å². The Balaban J connectivity index is 1.75. The summed E-state index contributed by atoms with van der Waals surface area (Å²) in [4.78, 5) is 30.5. The fraction of sp³-hybridized carbons (Fsp3) is 0.414. The second kappa shape index (κ2) is 11.4. The van der Waals surface area contributed by atoms with E-state index in [0.29, 0.717) is 39.5 Å². The summed E-state index contributed by atoms with van der Waals surface area (Å²) in [7, 11) is 1.56. The van der Waals surface area contributed by atoms with Crippen LogP contribution < -0.4 is 20.5 Å². The first-order valence-corrected chi connectivity index (χ1v) is 13.7. The highest BCUT2D eigenvalue weighted by Gasteiger charge is 2.47. The Kier molecular flexibility index (Phi) is 8.34. The van der Waals surface area contributed by atoms with Crippen molar-refractivity contribution in [2.45, 2.75) is 52.7 Å². The monoisotopic (exact) mass is 573 g/mol. The van der Waals surface area contributed by atoms with Gasteiger partial charge in [-0.25, -0.2) is 18.6 Å². The van der Waals surface area contributed by atoms with Crippen LogP contribution in [0.25, 0.3) is 10.6 Å². The summed E-state index contributed by atoms with van der Waals surface area (Å²) in [5.41, 5.74) is 4.17.